The van der Waals surface area contributed by atoms with E-state index in [0.29, 0.717) is 21.1 Å². The molecule has 0 bridgehead atoms. The molecule has 0 atom stereocenters. The number of amides is 1. The molecule has 30 heavy (non-hydrogen) atoms. The van der Waals surface area contributed by atoms with Gasteiger partial charge in [0.1, 0.15) is 16.5 Å². The van der Waals surface area contributed by atoms with Gasteiger partial charge >= 0.3 is 0 Å². The molecule has 10 heteroatoms. The molecule has 0 radical (unpaired) electrons. The van der Waals surface area contributed by atoms with E-state index in [1.165, 1.54) is 41.8 Å². The monoisotopic (exact) mass is 440 g/mol. The smallest absolute Gasteiger partial charge is 0.266 e. The van der Waals surface area contributed by atoms with E-state index in [1.54, 1.807) is 36.5 Å². The summed E-state index contributed by atoms with van der Waals surface area (Å²) >= 11 is 1.25. The van der Waals surface area contributed by atoms with E-state index < -0.39 is 21.7 Å². The largest absolute Gasteiger partial charge is 0.283 e. The molecule has 0 aliphatic rings. The van der Waals surface area contributed by atoms with E-state index in [-0.39, 0.29) is 10.6 Å². The molecular weight excluding hydrogens is 427 g/mol. The highest BCUT2D eigenvalue weighted by atomic mass is 32.2. The van der Waals surface area contributed by atoms with Gasteiger partial charge in [0.2, 0.25) is 0 Å². The van der Waals surface area contributed by atoms with Crippen LogP contribution in [0.15, 0.2) is 78.1 Å². The van der Waals surface area contributed by atoms with Gasteiger partial charge in [-0.3, -0.25) is 9.78 Å². The summed E-state index contributed by atoms with van der Waals surface area (Å²) in [5.74, 6) is -1.32. The third-order valence-corrected chi connectivity index (χ3v) is 6.39. The molecule has 150 valence electrons. The number of benzene rings is 1. The van der Waals surface area contributed by atoms with Crippen molar-refractivity contribution < 1.29 is 17.6 Å². The highest BCUT2D eigenvalue weighted by molar-refractivity contribution is 7.90. The first-order valence-electron chi connectivity index (χ1n) is 8.59. The van der Waals surface area contributed by atoms with Crippen molar-refractivity contribution in [1.29, 1.82) is 0 Å². The molecule has 3 heterocycles. The van der Waals surface area contributed by atoms with Crippen LogP contribution in [0.5, 0.6) is 0 Å². The Labute approximate surface area is 175 Å². The molecule has 3 aromatic heterocycles. The second-order valence-corrected chi connectivity index (χ2v) is 8.79. The van der Waals surface area contributed by atoms with Crippen molar-refractivity contribution in [2.75, 3.05) is 0 Å². The van der Waals surface area contributed by atoms with Crippen molar-refractivity contribution in [3.05, 3.63) is 84.7 Å². The van der Waals surface area contributed by atoms with E-state index in [0.717, 1.165) is 6.20 Å². The van der Waals surface area contributed by atoms with Crippen LogP contribution in [0.25, 0.3) is 21.1 Å². The van der Waals surface area contributed by atoms with Gasteiger partial charge in [0.05, 0.1) is 21.7 Å². The molecule has 0 saturated heterocycles. The number of aromatic nitrogens is 3. The number of carbonyl (C=O) groups excluding carboxylic acids is 1. The number of hydrogen-bond donors (Lipinski definition) is 1. The Morgan fingerprint density at radius 1 is 1.00 bits per heavy atom. The van der Waals surface area contributed by atoms with E-state index in [9.17, 15) is 17.6 Å². The Bertz CT molecular complexity index is 1320. The summed E-state index contributed by atoms with van der Waals surface area (Å²) in [5.41, 5.74) is 0.899. The fourth-order valence-electron chi connectivity index (χ4n) is 2.59. The molecule has 4 rings (SSSR count). The van der Waals surface area contributed by atoms with Crippen LogP contribution in [0.3, 0.4) is 0 Å². The minimum absolute atomic E-state index is 0.0229. The Balaban J connectivity index is 1.58. The lowest BCUT2D eigenvalue weighted by Crippen LogP contribution is -2.31. The molecule has 4 aromatic rings. The zero-order chi connectivity index (χ0) is 21.1. The van der Waals surface area contributed by atoms with Crippen molar-refractivity contribution in [3.63, 3.8) is 0 Å². The first-order valence-corrected chi connectivity index (χ1v) is 10.9. The average Bonchev–Trinajstić information content (AvgIpc) is 3.25. The highest BCUT2D eigenvalue weighted by Gasteiger charge is 2.20. The van der Waals surface area contributed by atoms with Gasteiger partial charge in [-0.1, -0.05) is 24.3 Å². The third-order valence-electron chi connectivity index (χ3n) is 3.97. The normalized spacial score (nSPS) is 11.2. The molecule has 7 nitrogen and oxygen atoms in total. The fourth-order valence-corrected chi connectivity index (χ4v) is 4.43. The molecule has 1 amide bonds. The fraction of sp³-hybridized carbons (Fsp3) is 0. The number of hydrogen-bond acceptors (Lipinski definition) is 7. The maximum absolute atomic E-state index is 13.4. The second kappa shape index (κ2) is 8.09. The Hall–Kier alpha value is -3.50. The molecule has 1 aromatic carbocycles. The van der Waals surface area contributed by atoms with Crippen LogP contribution in [0.4, 0.5) is 4.39 Å². The van der Waals surface area contributed by atoms with Gasteiger partial charge in [-0.15, -0.1) is 11.3 Å². The quantitative estimate of drug-likeness (QED) is 0.509. The predicted octanol–water partition coefficient (Wildman–Crippen LogP) is 3.52. The molecule has 0 unspecified atom stereocenters. The van der Waals surface area contributed by atoms with Gasteiger partial charge < -0.3 is 0 Å². The van der Waals surface area contributed by atoms with Crippen molar-refractivity contribution in [2.24, 2.45) is 0 Å². The number of nitrogens with zero attached hydrogens (tertiary/aromatic N) is 3. The van der Waals surface area contributed by atoms with Gasteiger partial charge in [-0.25, -0.2) is 27.5 Å². The highest BCUT2D eigenvalue weighted by Crippen LogP contribution is 2.31. The Morgan fingerprint density at radius 3 is 2.57 bits per heavy atom. The standard InChI is InChI=1S/C20H13FN4O3S2/c21-14-9-13(10-22-11-14)20-23-12-18(29-20)16-7-4-8-17(24-16)19(26)25-30(27,28)15-5-2-1-3-6-15/h1-12H,(H,25,26). The number of thiazole rings is 1. The van der Waals surface area contributed by atoms with E-state index in [2.05, 4.69) is 15.0 Å². The summed E-state index contributed by atoms with van der Waals surface area (Å²) in [6.45, 7) is 0. The van der Waals surface area contributed by atoms with Gasteiger partial charge in [-0.05, 0) is 30.3 Å². The lowest BCUT2D eigenvalue weighted by atomic mass is 10.2. The summed E-state index contributed by atoms with van der Waals surface area (Å²) in [6, 6.07) is 13.6. The Morgan fingerprint density at radius 2 is 1.80 bits per heavy atom. The van der Waals surface area contributed by atoms with Gasteiger partial charge in [0.15, 0.2) is 0 Å². The Kier molecular flexibility index (Phi) is 5.34. The van der Waals surface area contributed by atoms with Gasteiger partial charge in [0.25, 0.3) is 15.9 Å². The second-order valence-electron chi connectivity index (χ2n) is 6.08. The first-order chi connectivity index (χ1) is 14.4. The summed E-state index contributed by atoms with van der Waals surface area (Å²) in [5, 5.41) is 0.542. The van der Waals surface area contributed by atoms with Crippen molar-refractivity contribution in [1.82, 2.24) is 19.7 Å². The molecule has 0 spiro atoms. The van der Waals surface area contributed by atoms with Crippen molar-refractivity contribution >= 4 is 27.3 Å². The third kappa shape index (κ3) is 4.24. The molecule has 1 N–H and O–H groups in total. The first kappa shape index (κ1) is 19.8. The number of nitrogens with one attached hydrogen (secondary N) is 1. The predicted molar refractivity (Wildman–Crippen MR) is 110 cm³/mol. The average molecular weight is 440 g/mol. The molecule has 0 saturated carbocycles. The summed E-state index contributed by atoms with van der Waals surface area (Å²) in [6.07, 6.45) is 4.15. The van der Waals surface area contributed by atoms with E-state index in [1.807, 2.05) is 4.72 Å². The van der Waals surface area contributed by atoms with Gasteiger partial charge in [0, 0.05) is 18.0 Å². The van der Waals surface area contributed by atoms with Crippen LogP contribution < -0.4 is 4.72 Å². The molecule has 0 aliphatic heterocycles. The molecule has 0 aliphatic carbocycles. The molecule has 0 fully saturated rings. The maximum Gasteiger partial charge on any atom is 0.283 e. The number of halogens is 1. The summed E-state index contributed by atoms with van der Waals surface area (Å²) in [7, 11) is -4.01. The summed E-state index contributed by atoms with van der Waals surface area (Å²) < 4.78 is 40.1. The lowest BCUT2D eigenvalue weighted by molar-refractivity contribution is 0.0976. The number of pyridine rings is 2. The molecular formula is C20H13FN4O3S2. The van der Waals surface area contributed by atoms with Crippen LogP contribution in [0.1, 0.15) is 10.5 Å². The van der Waals surface area contributed by atoms with Crippen LogP contribution in [-0.2, 0) is 10.0 Å². The van der Waals surface area contributed by atoms with Crippen LogP contribution >= 0.6 is 11.3 Å². The zero-order valence-corrected chi connectivity index (χ0v) is 16.8. The minimum atomic E-state index is -4.01. The van der Waals surface area contributed by atoms with Gasteiger partial charge in [-0.2, -0.15) is 0 Å². The maximum atomic E-state index is 13.4. The van der Waals surface area contributed by atoms with Crippen LogP contribution in [-0.4, -0.2) is 29.3 Å². The minimum Gasteiger partial charge on any atom is -0.266 e. The number of sulfonamides is 1. The van der Waals surface area contributed by atoms with Crippen LogP contribution in [0, 0.1) is 5.82 Å². The van der Waals surface area contributed by atoms with E-state index >= 15 is 0 Å². The summed E-state index contributed by atoms with van der Waals surface area (Å²) in [4.78, 5) is 25.4. The SMILES string of the molecule is O=C(NS(=O)(=O)c1ccccc1)c1cccc(-c2cnc(-c3cncc(F)c3)s2)n1. The van der Waals surface area contributed by atoms with Crippen molar-refractivity contribution in [2.45, 2.75) is 4.90 Å². The number of carbonyl (C=O) groups is 1. The zero-order valence-electron chi connectivity index (χ0n) is 15.2. The van der Waals surface area contributed by atoms with Crippen molar-refractivity contribution in [3.8, 4) is 21.1 Å². The van der Waals surface area contributed by atoms with Crippen LogP contribution in [0.2, 0.25) is 0 Å². The topological polar surface area (TPSA) is 102 Å². The lowest BCUT2D eigenvalue weighted by Gasteiger charge is -2.07. The number of rotatable bonds is 5. The van der Waals surface area contributed by atoms with E-state index in [4.69, 9.17) is 0 Å².